The molecule has 0 radical (unpaired) electrons. The molecule has 6 nitrogen and oxygen atoms in total. The number of ether oxygens (including phenoxy) is 3. The van der Waals surface area contributed by atoms with Gasteiger partial charge in [0.1, 0.15) is 11.5 Å². The van der Waals surface area contributed by atoms with E-state index in [4.69, 9.17) is 19.9 Å². The van der Waals surface area contributed by atoms with Gasteiger partial charge in [0.2, 0.25) is 0 Å². The summed E-state index contributed by atoms with van der Waals surface area (Å²) in [7, 11) is 3.21. The number of nitrogens with two attached hydrogens (primary N) is 1. The van der Waals surface area contributed by atoms with Gasteiger partial charge in [0, 0.05) is 19.2 Å². The van der Waals surface area contributed by atoms with E-state index < -0.39 is 0 Å². The van der Waals surface area contributed by atoms with Crippen molar-refractivity contribution in [2.75, 3.05) is 32.7 Å². The number of nitrogens with one attached hydrogen (secondary N) is 1. The largest absolute Gasteiger partial charge is 0.497 e. The molecule has 0 unspecified atom stereocenters. The van der Waals surface area contributed by atoms with Crippen LogP contribution in [-0.4, -0.2) is 39.4 Å². The average Bonchev–Trinajstić information content (AvgIpc) is 2.46. The van der Waals surface area contributed by atoms with E-state index in [9.17, 15) is 0 Å². The second-order valence-corrected chi connectivity index (χ2v) is 4.73. The molecule has 3 N–H and O–H groups in total. The van der Waals surface area contributed by atoms with Gasteiger partial charge in [-0.2, -0.15) is 0 Å². The lowest BCUT2D eigenvalue weighted by Crippen LogP contribution is -2.23. The molecule has 0 aliphatic carbocycles. The van der Waals surface area contributed by atoms with Gasteiger partial charge in [0.25, 0.3) is 0 Å². The molecule has 0 amide bonds. The van der Waals surface area contributed by atoms with Crippen molar-refractivity contribution in [3.8, 4) is 11.5 Å². The molecule has 0 aliphatic rings. The maximum atomic E-state index is 5.86. The van der Waals surface area contributed by atoms with Gasteiger partial charge in [-0.25, -0.2) is 0 Å². The summed E-state index contributed by atoms with van der Waals surface area (Å²) in [5, 5.41) is 3.02. The summed E-state index contributed by atoms with van der Waals surface area (Å²) in [5.41, 5.74) is 6.58. The zero-order valence-corrected chi connectivity index (χ0v) is 15.9. The normalized spacial score (nSPS) is 11.0. The second kappa shape index (κ2) is 11.4. The Morgan fingerprint density at radius 1 is 1.27 bits per heavy atom. The molecule has 0 atom stereocenters. The van der Waals surface area contributed by atoms with Crippen molar-refractivity contribution < 1.29 is 14.2 Å². The maximum Gasteiger partial charge on any atom is 0.193 e. The number of guanidine groups is 1. The van der Waals surface area contributed by atoms with E-state index in [1.54, 1.807) is 14.2 Å². The quantitative estimate of drug-likeness (QED) is 0.291. The molecule has 0 fully saturated rings. The highest BCUT2D eigenvalue weighted by Crippen LogP contribution is 2.28. The van der Waals surface area contributed by atoms with E-state index >= 15 is 0 Å². The Morgan fingerprint density at radius 2 is 2.00 bits per heavy atom. The molecular formula is C15H26IN3O3. The first-order chi connectivity index (χ1) is 10.1. The summed E-state index contributed by atoms with van der Waals surface area (Å²) in [6, 6.07) is 5.44. The molecule has 0 bridgehead atoms. The van der Waals surface area contributed by atoms with Crippen LogP contribution in [0.15, 0.2) is 23.2 Å². The number of benzene rings is 1. The lowest BCUT2D eigenvalue weighted by molar-refractivity contribution is 0.0783. The molecule has 22 heavy (non-hydrogen) atoms. The second-order valence-electron chi connectivity index (χ2n) is 4.73. The molecule has 0 aromatic heterocycles. The fourth-order valence-corrected chi connectivity index (χ4v) is 1.67. The molecular weight excluding hydrogens is 397 g/mol. The Labute approximate surface area is 149 Å². The van der Waals surface area contributed by atoms with Gasteiger partial charge in [-0.05, 0) is 32.4 Å². The lowest BCUT2D eigenvalue weighted by atomic mass is 10.2. The first kappa shape index (κ1) is 20.8. The summed E-state index contributed by atoms with van der Waals surface area (Å²) in [5.74, 6) is 1.74. The third-order valence-electron chi connectivity index (χ3n) is 2.71. The Balaban J connectivity index is 0.00000441. The van der Waals surface area contributed by atoms with Gasteiger partial charge in [-0.3, -0.25) is 4.99 Å². The van der Waals surface area contributed by atoms with Crippen molar-refractivity contribution in [1.29, 1.82) is 0 Å². The van der Waals surface area contributed by atoms with Crippen LogP contribution in [0.3, 0.4) is 0 Å². The molecule has 1 aromatic rings. The minimum Gasteiger partial charge on any atom is -0.497 e. The zero-order chi connectivity index (χ0) is 15.7. The third kappa shape index (κ3) is 7.69. The van der Waals surface area contributed by atoms with Crippen LogP contribution in [0.2, 0.25) is 0 Å². The Kier molecular flexibility index (Phi) is 10.7. The van der Waals surface area contributed by atoms with Crippen LogP contribution in [0.5, 0.6) is 11.5 Å². The Morgan fingerprint density at radius 3 is 2.59 bits per heavy atom. The van der Waals surface area contributed by atoms with Gasteiger partial charge < -0.3 is 25.3 Å². The van der Waals surface area contributed by atoms with E-state index in [1.807, 2.05) is 32.0 Å². The summed E-state index contributed by atoms with van der Waals surface area (Å²) in [4.78, 5) is 4.25. The van der Waals surface area contributed by atoms with E-state index in [0.29, 0.717) is 24.9 Å². The van der Waals surface area contributed by atoms with Gasteiger partial charge in [-0.15, -0.1) is 24.0 Å². The van der Waals surface area contributed by atoms with Gasteiger partial charge in [-0.1, -0.05) is 0 Å². The summed E-state index contributed by atoms with van der Waals surface area (Å²) < 4.78 is 15.9. The van der Waals surface area contributed by atoms with Gasteiger partial charge in [0.15, 0.2) is 5.96 Å². The molecule has 7 heteroatoms. The van der Waals surface area contributed by atoms with Crippen molar-refractivity contribution in [3.05, 3.63) is 18.2 Å². The molecule has 1 rings (SSSR count). The number of methoxy groups -OCH3 is 2. The van der Waals surface area contributed by atoms with Crippen LogP contribution in [0.25, 0.3) is 0 Å². The van der Waals surface area contributed by atoms with Crippen LogP contribution in [0, 0.1) is 0 Å². The fourth-order valence-electron chi connectivity index (χ4n) is 1.67. The number of aliphatic imine (C=N–C) groups is 1. The van der Waals surface area contributed by atoms with E-state index in [2.05, 4.69) is 10.3 Å². The van der Waals surface area contributed by atoms with E-state index in [-0.39, 0.29) is 30.1 Å². The molecule has 126 valence electrons. The SMILES string of the molecule is COc1ccc(OC)c(NC(N)=NCCCOC(C)C)c1.I. The van der Waals surface area contributed by atoms with Crippen LogP contribution in [0.4, 0.5) is 5.69 Å². The van der Waals surface area contributed by atoms with Crippen molar-refractivity contribution >= 4 is 35.6 Å². The highest BCUT2D eigenvalue weighted by atomic mass is 127. The minimum absolute atomic E-state index is 0. The standard InChI is InChI=1S/C15H25N3O3.HI/c1-11(2)21-9-5-8-17-15(16)18-13-10-12(19-3)6-7-14(13)20-4;/h6-7,10-11H,5,8-9H2,1-4H3,(H3,16,17,18);1H. The zero-order valence-electron chi connectivity index (χ0n) is 13.6. The Bertz CT molecular complexity index is 467. The number of halogens is 1. The van der Waals surface area contributed by atoms with Crippen molar-refractivity contribution in [3.63, 3.8) is 0 Å². The van der Waals surface area contributed by atoms with E-state index in [1.165, 1.54) is 0 Å². The molecule has 0 heterocycles. The summed E-state index contributed by atoms with van der Waals surface area (Å²) in [6.45, 7) is 5.30. The number of hydrogen-bond donors (Lipinski definition) is 2. The number of hydrogen-bond acceptors (Lipinski definition) is 4. The molecule has 0 saturated heterocycles. The monoisotopic (exact) mass is 423 g/mol. The van der Waals surface area contributed by atoms with Crippen LogP contribution >= 0.6 is 24.0 Å². The Hall–Kier alpha value is -1.22. The van der Waals surface area contributed by atoms with Gasteiger partial charge in [0.05, 0.1) is 26.0 Å². The molecule has 1 aromatic carbocycles. The van der Waals surface area contributed by atoms with Crippen molar-refractivity contribution in [2.45, 2.75) is 26.4 Å². The highest BCUT2D eigenvalue weighted by Gasteiger charge is 2.05. The van der Waals surface area contributed by atoms with Crippen molar-refractivity contribution in [1.82, 2.24) is 0 Å². The average molecular weight is 423 g/mol. The number of anilines is 1. The van der Waals surface area contributed by atoms with Crippen molar-refractivity contribution in [2.24, 2.45) is 10.7 Å². The third-order valence-corrected chi connectivity index (χ3v) is 2.71. The first-order valence-corrected chi connectivity index (χ1v) is 6.97. The molecule has 0 saturated carbocycles. The minimum atomic E-state index is 0. The van der Waals surface area contributed by atoms with E-state index in [0.717, 1.165) is 17.9 Å². The predicted octanol–water partition coefficient (Wildman–Crippen LogP) is 2.86. The summed E-state index contributed by atoms with van der Waals surface area (Å²) in [6.07, 6.45) is 1.07. The van der Waals surface area contributed by atoms with Crippen LogP contribution in [0.1, 0.15) is 20.3 Å². The topological polar surface area (TPSA) is 78.1 Å². The summed E-state index contributed by atoms with van der Waals surface area (Å²) >= 11 is 0. The smallest absolute Gasteiger partial charge is 0.193 e. The number of rotatable bonds is 8. The number of nitrogens with zero attached hydrogens (tertiary/aromatic N) is 1. The van der Waals surface area contributed by atoms with Gasteiger partial charge >= 0.3 is 0 Å². The highest BCUT2D eigenvalue weighted by molar-refractivity contribution is 14.0. The fraction of sp³-hybridized carbons (Fsp3) is 0.533. The molecule has 0 spiro atoms. The predicted molar refractivity (Wildman–Crippen MR) is 101 cm³/mol. The maximum absolute atomic E-state index is 5.86. The molecule has 0 aliphatic heterocycles. The first-order valence-electron chi connectivity index (χ1n) is 6.97. The van der Waals surface area contributed by atoms with Crippen LogP contribution < -0.4 is 20.5 Å². The van der Waals surface area contributed by atoms with Crippen LogP contribution in [-0.2, 0) is 4.74 Å². The lowest BCUT2D eigenvalue weighted by Gasteiger charge is -2.12.